The molecule has 0 radical (unpaired) electrons. The average Bonchev–Trinajstić information content (AvgIpc) is 2.46. The van der Waals surface area contributed by atoms with Crippen molar-refractivity contribution in [1.29, 1.82) is 0 Å². The molecule has 0 saturated heterocycles. The van der Waals surface area contributed by atoms with E-state index in [1.54, 1.807) is 0 Å². The number of anilines is 1. The predicted octanol–water partition coefficient (Wildman–Crippen LogP) is 1.49. The Labute approximate surface area is 125 Å². The molecule has 0 fully saturated rings. The average molecular weight is 321 g/mol. The molecule has 0 spiro atoms. The number of amides is 1. The van der Waals surface area contributed by atoms with Gasteiger partial charge < -0.3 is 5.32 Å². The Hall–Kier alpha value is -2.78. The number of primary sulfonamides is 1. The van der Waals surface area contributed by atoms with Crippen molar-refractivity contribution < 1.29 is 18.1 Å². The molecule has 0 aliphatic carbocycles. The van der Waals surface area contributed by atoms with Crippen molar-refractivity contribution >= 4 is 27.3 Å². The number of rotatable bonds is 4. The monoisotopic (exact) mass is 321 g/mol. The third-order valence-corrected chi connectivity index (χ3v) is 3.69. The van der Waals surface area contributed by atoms with Crippen LogP contribution in [0.5, 0.6) is 0 Å². The maximum absolute atomic E-state index is 12.0. The molecule has 0 saturated carbocycles. The number of carbonyl (C=O) groups is 1. The molecule has 9 heteroatoms. The summed E-state index contributed by atoms with van der Waals surface area (Å²) in [7, 11) is -3.83. The van der Waals surface area contributed by atoms with Gasteiger partial charge in [-0.2, -0.15) is 0 Å². The van der Waals surface area contributed by atoms with Crippen molar-refractivity contribution in [2.75, 3.05) is 5.32 Å². The highest BCUT2D eigenvalue weighted by atomic mass is 32.2. The van der Waals surface area contributed by atoms with E-state index >= 15 is 0 Å². The zero-order valence-corrected chi connectivity index (χ0v) is 11.9. The molecule has 114 valence electrons. The highest BCUT2D eigenvalue weighted by Crippen LogP contribution is 2.18. The maximum atomic E-state index is 12.0. The summed E-state index contributed by atoms with van der Waals surface area (Å²) < 4.78 is 22.2. The minimum absolute atomic E-state index is 0.112. The zero-order chi connectivity index (χ0) is 16.3. The van der Waals surface area contributed by atoms with Gasteiger partial charge in [-0.3, -0.25) is 14.9 Å². The first kappa shape index (κ1) is 15.6. The quantitative estimate of drug-likeness (QED) is 0.650. The number of nitro groups is 1. The van der Waals surface area contributed by atoms with Crippen molar-refractivity contribution in [3.05, 3.63) is 64.2 Å². The number of benzene rings is 2. The van der Waals surface area contributed by atoms with Crippen LogP contribution < -0.4 is 10.5 Å². The number of nitrogens with zero attached hydrogens (tertiary/aromatic N) is 1. The molecular weight excluding hydrogens is 310 g/mol. The third-order valence-electron chi connectivity index (χ3n) is 2.76. The molecule has 0 heterocycles. The lowest BCUT2D eigenvalue weighted by atomic mass is 10.2. The number of nitrogens with two attached hydrogens (primary N) is 1. The SMILES string of the molecule is NS(=O)(=O)c1ccc(C(=O)Nc2cccc([N+](=O)[O-])c2)cc1. The topological polar surface area (TPSA) is 132 Å². The first-order valence-electron chi connectivity index (χ1n) is 5.96. The molecule has 0 bridgehead atoms. The van der Waals surface area contributed by atoms with Crippen LogP contribution in [0.25, 0.3) is 0 Å². The van der Waals surface area contributed by atoms with Gasteiger partial charge in [-0.25, -0.2) is 13.6 Å². The minimum Gasteiger partial charge on any atom is -0.322 e. The van der Waals surface area contributed by atoms with Gasteiger partial charge in [0.25, 0.3) is 11.6 Å². The lowest BCUT2D eigenvalue weighted by Gasteiger charge is -2.05. The van der Waals surface area contributed by atoms with Gasteiger partial charge in [0.1, 0.15) is 0 Å². The number of sulfonamides is 1. The van der Waals surface area contributed by atoms with E-state index in [9.17, 15) is 23.3 Å². The minimum atomic E-state index is -3.83. The molecule has 0 unspecified atom stereocenters. The summed E-state index contributed by atoms with van der Waals surface area (Å²) in [5.74, 6) is -0.526. The van der Waals surface area contributed by atoms with Crippen LogP contribution in [-0.2, 0) is 10.0 Å². The van der Waals surface area contributed by atoms with E-state index in [0.29, 0.717) is 0 Å². The molecule has 2 rings (SSSR count). The van der Waals surface area contributed by atoms with Crippen LogP contribution in [0, 0.1) is 10.1 Å². The van der Waals surface area contributed by atoms with Crippen LogP contribution in [-0.4, -0.2) is 19.2 Å². The molecule has 1 amide bonds. The van der Waals surface area contributed by atoms with E-state index in [1.807, 2.05) is 0 Å². The van der Waals surface area contributed by atoms with Crippen LogP contribution in [0.15, 0.2) is 53.4 Å². The molecule has 0 atom stereocenters. The van der Waals surface area contributed by atoms with Crippen molar-refractivity contribution in [3.63, 3.8) is 0 Å². The fourth-order valence-corrected chi connectivity index (χ4v) is 2.21. The van der Waals surface area contributed by atoms with E-state index in [1.165, 1.54) is 48.5 Å². The second kappa shape index (κ2) is 5.92. The van der Waals surface area contributed by atoms with Gasteiger partial charge in [-0.15, -0.1) is 0 Å². The summed E-state index contributed by atoms with van der Waals surface area (Å²) in [5.41, 5.74) is 0.302. The zero-order valence-electron chi connectivity index (χ0n) is 11.1. The van der Waals surface area contributed by atoms with Crippen molar-refractivity contribution in [2.24, 2.45) is 5.14 Å². The van der Waals surface area contributed by atoms with E-state index < -0.39 is 20.9 Å². The highest BCUT2D eigenvalue weighted by molar-refractivity contribution is 7.89. The van der Waals surface area contributed by atoms with Crippen LogP contribution in [0.3, 0.4) is 0 Å². The normalized spacial score (nSPS) is 11.0. The molecule has 0 aromatic heterocycles. The summed E-state index contributed by atoms with van der Waals surface area (Å²) >= 11 is 0. The van der Waals surface area contributed by atoms with Crippen LogP contribution in [0.2, 0.25) is 0 Å². The van der Waals surface area contributed by atoms with E-state index in [-0.39, 0.29) is 21.8 Å². The molecule has 2 aromatic carbocycles. The summed E-state index contributed by atoms with van der Waals surface area (Å²) in [6, 6.07) is 10.5. The Morgan fingerprint density at radius 3 is 2.32 bits per heavy atom. The third kappa shape index (κ3) is 3.65. The Kier molecular flexibility index (Phi) is 4.20. The van der Waals surface area contributed by atoms with Crippen molar-refractivity contribution in [1.82, 2.24) is 0 Å². The van der Waals surface area contributed by atoms with Crippen LogP contribution >= 0.6 is 0 Å². The number of hydrogen-bond acceptors (Lipinski definition) is 5. The smallest absolute Gasteiger partial charge is 0.271 e. The van der Waals surface area contributed by atoms with E-state index in [4.69, 9.17) is 5.14 Å². The number of hydrogen-bond donors (Lipinski definition) is 2. The van der Waals surface area contributed by atoms with E-state index in [0.717, 1.165) is 0 Å². The number of non-ortho nitro benzene ring substituents is 1. The molecule has 0 aliphatic heterocycles. The summed E-state index contributed by atoms with van der Waals surface area (Å²) in [5, 5.41) is 18.1. The van der Waals surface area contributed by atoms with Gasteiger partial charge in [-0.05, 0) is 30.3 Å². The lowest BCUT2D eigenvalue weighted by molar-refractivity contribution is -0.384. The van der Waals surface area contributed by atoms with Crippen LogP contribution in [0.4, 0.5) is 11.4 Å². The summed E-state index contributed by atoms with van der Waals surface area (Å²) in [6.07, 6.45) is 0. The number of nitro benzene ring substituents is 1. The fourth-order valence-electron chi connectivity index (χ4n) is 1.70. The Bertz CT molecular complexity index is 831. The molecule has 0 aliphatic rings. The molecular formula is C13H11N3O5S. The first-order valence-corrected chi connectivity index (χ1v) is 7.51. The lowest BCUT2D eigenvalue weighted by Crippen LogP contribution is -2.14. The number of carbonyl (C=O) groups excluding carboxylic acids is 1. The Morgan fingerprint density at radius 1 is 1.14 bits per heavy atom. The molecule has 8 nitrogen and oxygen atoms in total. The van der Waals surface area contributed by atoms with Crippen LogP contribution in [0.1, 0.15) is 10.4 Å². The van der Waals surface area contributed by atoms with Crippen molar-refractivity contribution in [3.8, 4) is 0 Å². The Balaban J connectivity index is 2.19. The van der Waals surface area contributed by atoms with Crippen molar-refractivity contribution in [2.45, 2.75) is 4.90 Å². The van der Waals surface area contributed by atoms with Gasteiger partial charge >= 0.3 is 0 Å². The fraction of sp³-hybridized carbons (Fsp3) is 0. The van der Waals surface area contributed by atoms with Gasteiger partial charge in [0.05, 0.1) is 9.82 Å². The van der Waals surface area contributed by atoms with Gasteiger partial charge in [0.2, 0.25) is 10.0 Å². The standard InChI is InChI=1S/C13H11N3O5S/c14-22(20,21)12-6-4-9(5-7-12)13(17)15-10-2-1-3-11(8-10)16(18)19/h1-8H,(H,15,17)(H2,14,20,21). The first-order chi connectivity index (χ1) is 10.3. The Morgan fingerprint density at radius 2 is 1.77 bits per heavy atom. The molecule has 2 aromatic rings. The number of nitrogens with one attached hydrogen (secondary N) is 1. The summed E-state index contributed by atoms with van der Waals surface area (Å²) in [4.78, 5) is 22.0. The maximum Gasteiger partial charge on any atom is 0.271 e. The second-order valence-corrected chi connectivity index (χ2v) is 5.89. The van der Waals surface area contributed by atoms with Gasteiger partial charge in [0, 0.05) is 23.4 Å². The summed E-state index contributed by atoms with van der Waals surface area (Å²) in [6.45, 7) is 0. The van der Waals surface area contributed by atoms with E-state index in [2.05, 4.69) is 5.32 Å². The molecule has 22 heavy (non-hydrogen) atoms. The highest BCUT2D eigenvalue weighted by Gasteiger charge is 2.12. The predicted molar refractivity (Wildman–Crippen MR) is 78.9 cm³/mol. The van der Waals surface area contributed by atoms with Gasteiger partial charge in [-0.1, -0.05) is 6.07 Å². The largest absolute Gasteiger partial charge is 0.322 e. The second-order valence-electron chi connectivity index (χ2n) is 4.33. The van der Waals surface area contributed by atoms with Gasteiger partial charge in [0.15, 0.2) is 0 Å². The molecule has 3 N–H and O–H groups in total.